The van der Waals surface area contributed by atoms with E-state index < -0.39 is 0 Å². The van der Waals surface area contributed by atoms with E-state index in [1.54, 1.807) is 0 Å². The first-order valence-electron chi connectivity index (χ1n) is 9.31. The van der Waals surface area contributed by atoms with Crippen molar-refractivity contribution in [3.63, 3.8) is 0 Å². The molecule has 0 aliphatic heterocycles. The first-order valence-corrected chi connectivity index (χ1v) is 11.9. The second-order valence-corrected chi connectivity index (χ2v) is 9.44. The van der Waals surface area contributed by atoms with Crippen molar-refractivity contribution in [3.8, 4) is 46.5 Å². The number of unbranched alkanes of at least 4 members (excludes halogenated alkanes) is 3. The van der Waals surface area contributed by atoms with Crippen LogP contribution < -0.4 is 0 Å². The molecule has 0 aliphatic rings. The smallest absolute Gasteiger partial charge is 0.0537 e. The van der Waals surface area contributed by atoms with Crippen molar-refractivity contribution in [2.75, 3.05) is 0 Å². The SMILES string of the molecule is C#CC#CC#CC(CCCCCC)Cc1ccc(-c2csc3ccsc23)s1. The monoisotopic (exact) mass is 406 g/mol. The van der Waals surface area contributed by atoms with Crippen molar-refractivity contribution < 1.29 is 0 Å². The van der Waals surface area contributed by atoms with E-state index in [1.165, 1.54) is 50.4 Å². The van der Waals surface area contributed by atoms with E-state index in [0.717, 1.165) is 12.8 Å². The molecule has 3 aromatic rings. The van der Waals surface area contributed by atoms with Crippen molar-refractivity contribution in [1.82, 2.24) is 0 Å². The molecule has 0 N–H and O–H groups in total. The van der Waals surface area contributed by atoms with Crippen LogP contribution in [0.3, 0.4) is 0 Å². The Balaban J connectivity index is 1.71. The van der Waals surface area contributed by atoms with E-state index in [2.05, 4.69) is 65.5 Å². The average Bonchev–Trinajstić information content (AvgIpc) is 3.39. The molecule has 3 heteroatoms. The Hall–Kier alpha value is -1.96. The topological polar surface area (TPSA) is 0 Å². The Morgan fingerprint density at radius 3 is 2.81 bits per heavy atom. The predicted molar refractivity (Wildman–Crippen MR) is 123 cm³/mol. The lowest BCUT2D eigenvalue weighted by Crippen LogP contribution is -2.01. The van der Waals surface area contributed by atoms with Gasteiger partial charge in [0.15, 0.2) is 0 Å². The van der Waals surface area contributed by atoms with Crippen molar-refractivity contribution in [2.45, 2.75) is 45.4 Å². The molecule has 0 saturated heterocycles. The molecule has 3 aromatic heterocycles. The molecule has 0 aliphatic carbocycles. The summed E-state index contributed by atoms with van der Waals surface area (Å²) in [4.78, 5) is 2.77. The first-order chi connectivity index (χ1) is 13.3. The zero-order chi connectivity index (χ0) is 18.9. The van der Waals surface area contributed by atoms with E-state index in [9.17, 15) is 0 Å². The molecular formula is C24H22S3. The maximum absolute atomic E-state index is 5.18. The van der Waals surface area contributed by atoms with Gasteiger partial charge in [-0.2, -0.15) is 0 Å². The minimum absolute atomic E-state index is 0.352. The van der Waals surface area contributed by atoms with Crippen LogP contribution in [0.4, 0.5) is 0 Å². The maximum atomic E-state index is 5.18. The normalized spacial score (nSPS) is 11.3. The van der Waals surface area contributed by atoms with Gasteiger partial charge < -0.3 is 0 Å². The lowest BCUT2D eigenvalue weighted by Gasteiger charge is -2.09. The summed E-state index contributed by atoms with van der Waals surface area (Å²) in [6, 6.07) is 6.74. The van der Waals surface area contributed by atoms with E-state index in [1.807, 2.05) is 34.0 Å². The van der Waals surface area contributed by atoms with Crippen LogP contribution in [0.1, 0.15) is 43.9 Å². The number of hydrogen-bond acceptors (Lipinski definition) is 3. The average molecular weight is 407 g/mol. The fourth-order valence-electron chi connectivity index (χ4n) is 3.06. The summed E-state index contributed by atoms with van der Waals surface area (Å²) in [5.41, 5.74) is 1.38. The summed E-state index contributed by atoms with van der Waals surface area (Å²) in [6.07, 6.45) is 12.4. The van der Waals surface area contributed by atoms with Gasteiger partial charge in [-0.1, -0.05) is 38.5 Å². The summed E-state index contributed by atoms with van der Waals surface area (Å²) in [5, 5.41) is 4.46. The van der Waals surface area contributed by atoms with Crippen LogP contribution in [-0.2, 0) is 6.42 Å². The first kappa shape index (κ1) is 19.8. The van der Waals surface area contributed by atoms with Gasteiger partial charge in [0, 0.05) is 31.3 Å². The summed E-state index contributed by atoms with van der Waals surface area (Å²) < 4.78 is 2.80. The van der Waals surface area contributed by atoms with Gasteiger partial charge in [-0.3, -0.25) is 0 Å². The lowest BCUT2D eigenvalue weighted by atomic mass is 9.97. The number of hydrogen-bond donors (Lipinski definition) is 0. The number of fused-ring (bicyclic) bond motifs is 1. The quantitative estimate of drug-likeness (QED) is 0.269. The molecule has 0 amide bonds. The Kier molecular flexibility index (Phi) is 7.62. The Labute approximate surface area is 174 Å². The zero-order valence-electron chi connectivity index (χ0n) is 15.5. The van der Waals surface area contributed by atoms with Gasteiger partial charge in [-0.15, -0.1) is 40.4 Å². The summed E-state index contributed by atoms with van der Waals surface area (Å²) >= 11 is 5.57. The lowest BCUT2D eigenvalue weighted by molar-refractivity contribution is 0.543. The standard InChI is InChI=1S/C24H22S3/c1-3-5-7-9-11-19(12-10-8-6-4-2)17-20-13-14-22(27-20)21-18-26-23-15-16-25-24(21)23/h1,13-16,18-19H,4,6,8,10,12,17H2,2H3. The highest BCUT2D eigenvalue weighted by molar-refractivity contribution is 7.27. The highest BCUT2D eigenvalue weighted by atomic mass is 32.1. The predicted octanol–water partition coefficient (Wildman–Crippen LogP) is 7.46. The van der Waals surface area contributed by atoms with E-state index in [0.29, 0.717) is 5.92 Å². The highest BCUT2D eigenvalue weighted by Crippen LogP contribution is 2.40. The van der Waals surface area contributed by atoms with Crippen LogP contribution in [0.15, 0.2) is 29.0 Å². The number of rotatable bonds is 8. The molecule has 0 spiro atoms. The Morgan fingerprint density at radius 1 is 1.04 bits per heavy atom. The molecule has 136 valence electrons. The van der Waals surface area contributed by atoms with Gasteiger partial charge in [0.1, 0.15) is 0 Å². The molecule has 0 radical (unpaired) electrons. The largest absolute Gasteiger partial charge is 0.142 e. The van der Waals surface area contributed by atoms with Gasteiger partial charge in [-0.05, 0) is 60.1 Å². The fraction of sp³-hybridized carbons (Fsp3) is 0.333. The van der Waals surface area contributed by atoms with Crippen molar-refractivity contribution in [1.29, 1.82) is 0 Å². The van der Waals surface area contributed by atoms with Crippen LogP contribution in [-0.4, -0.2) is 0 Å². The van der Waals surface area contributed by atoms with Crippen LogP contribution in [0, 0.1) is 41.9 Å². The molecule has 1 atom stereocenters. The molecular weight excluding hydrogens is 384 g/mol. The van der Waals surface area contributed by atoms with Crippen LogP contribution in [0.2, 0.25) is 0 Å². The molecule has 1 unspecified atom stereocenters. The van der Waals surface area contributed by atoms with Crippen molar-refractivity contribution in [3.05, 3.63) is 33.8 Å². The molecule has 0 saturated carbocycles. The third-order valence-corrected chi connectivity index (χ3v) is 7.60. The van der Waals surface area contributed by atoms with E-state index >= 15 is 0 Å². The molecule has 0 bridgehead atoms. The number of terminal acetylenes is 1. The molecule has 27 heavy (non-hydrogen) atoms. The van der Waals surface area contributed by atoms with Gasteiger partial charge in [0.25, 0.3) is 0 Å². The van der Waals surface area contributed by atoms with Gasteiger partial charge in [0.05, 0.1) is 4.70 Å². The van der Waals surface area contributed by atoms with Gasteiger partial charge in [-0.25, -0.2) is 0 Å². The Morgan fingerprint density at radius 2 is 1.96 bits per heavy atom. The second kappa shape index (κ2) is 10.4. The summed E-state index contributed by atoms with van der Waals surface area (Å²) in [7, 11) is 0. The van der Waals surface area contributed by atoms with Crippen molar-refractivity contribution >= 4 is 43.4 Å². The third-order valence-electron chi connectivity index (χ3n) is 4.43. The minimum atomic E-state index is 0.352. The van der Waals surface area contributed by atoms with Crippen molar-refractivity contribution in [2.24, 2.45) is 5.92 Å². The van der Waals surface area contributed by atoms with Crippen LogP contribution >= 0.6 is 34.0 Å². The molecule has 3 rings (SSSR count). The molecule has 0 fully saturated rings. The number of thiophene rings is 3. The van der Waals surface area contributed by atoms with Gasteiger partial charge >= 0.3 is 0 Å². The minimum Gasteiger partial charge on any atom is -0.142 e. The van der Waals surface area contributed by atoms with Gasteiger partial charge in [0.2, 0.25) is 0 Å². The molecule has 0 nitrogen and oxygen atoms in total. The van der Waals surface area contributed by atoms with E-state index in [-0.39, 0.29) is 0 Å². The maximum Gasteiger partial charge on any atom is 0.0537 e. The fourth-order valence-corrected chi connectivity index (χ4v) is 6.43. The second-order valence-electron chi connectivity index (χ2n) is 6.44. The Bertz CT molecular complexity index is 1030. The summed E-state index contributed by atoms with van der Waals surface area (Å²) in [5.74, 6) is 14.3. The zero-order valence-corrected chi connectivity index (χ0v) is 18.0. The van der Waals surface area contributed by atoms with Crippen LogP contribution in [0.25, 0.3) is 19.8 Å². The third kappa shape index (κ3) is 5.51. The molecule has 0 aromatic carbocycles. The molecule has 3 heterocycles. The highest BCUT2D eigenvalue weighted by Gasteiger charge is 2.13. The summed E-state index contributed by atoms with van der Waals surface area (Å²) in [6.45, 7) is 2.24. The van der Waals surface area contributed by atoms with Crippen LogP contribution in [0.5, 0.6) is 0 Å². The van der Waals surface area contributed by atoms with E-state index in [4.69, 9.17) is 6.42 Å².